The van der Waals surface area contributed by atoms with Crippen LogP contribution in [0.25, 0.3) is 0 Å². The van der Waals surface area contributed by atoms with E-state index < -0.39 is 35.1 Å². The third-order valence-electron chi connectivity index (χ3n) is 11.3. The predicted molar refractivity (Wildman–Crippen MR) is 144 cm³/mol. The Morgan fingerprint density at radius 1 is 1.08 bits per heavy atom. The van der Waals surface area contributed by atoms with Gasteiger partial charge in [-0.3, -0.25) is 19.2 Å². The van der Waals surface area contributed by atoms with E-state index in [1.165, 1.54) is 0 Å². The second-order valence-corrected chi connectivity index (χ2v) is 13.0. The number of fused-ring (bicyclic) bond motifs is 6. The number of hydrogen-bond donors (Lipinski definition) is 4. The number of rotatable bonds is 3. The van der Waals surface area contributed by atoms with Gasteiger partial charge in [0.15, 0.2) is 5.78 Å². The summed E-state index contributed by atoms with van der Waals surface area (Å²) < 4.78 is 0. The predicted octanol–water partition coefficient (Wildman–Crippen LogP) is 3.25. The van der Waals surface area contributed by atoms with Gasteiger partial charge in [-0.25, -0.2) is 0 Å². The zero-order chi connectivity index (χ0) is 28.3. The van der Waals surface area contributed by atoms with E-state index in [2.05, 4.69) is 12.2 Å². The van der Waals surface area contributed by atoms with Crippen molar-refractivity contribution < 1.29 is 34.5 Å². The second-order valence-electron chi connectivity index (χ2n) is 13.0. The number of Topliss-reactive ketones (excluding diaryl/α,β-unsaturated/α-hetero) is 3. The van der Waals surface area contributed by atoms with Crippen LogP contribution >= 0.6 is 0 Å². The fourth-order valence-electron chi connectivity index (χ4n) is 9.06. The molecule has 1 aliphatic heterocycles. The van der Waals surface area contributed by atoms with E-state index in [4.69, 9.17) is 0 Å². The molecule has 4 fully saturated rings. The van der Waals surface area contributed by atoms with Gasteiger partial charge in [-0.05, 0) is 92.2 Å². The number of benzene rings is 1. The maximum atomic E-state index is 13.4. The maximum Gasteiger partial charge on any atom is 0.296 e. The molecule has 1 aromatic rings. The molecule has 1 aromatic carbocycles. The Labute approximate surface area is 229 Å². The van der Waals surface area contributed by atoms with Crippen molar-refractivity contribution in [2.75, 3.05) is 11.9 Å². The molecule has 8 atom stereocenters. The number of nitrogens with one attached hydrogen (secondary N) is 1. The average molecular weight is 540 g/mol. The van der Waals surface area contributed by atoms with E-state index >= 15 is 0 Å². The summed E-state index contributed by atoms with van der Waals surface area (Å²) in [5.74, 6) is -0.578. The minimum atomic E-state index is -1.58. The van der Waals surface area contributed by atoms with E-state index in [9.17, 15) is 34.5 Å². The Morgan fingerprint density at radius 3 is 2.51 bits per heavy atom. The number of aliphatic hydroxyl groups excluding tert-OH is 2. The van der Waals surface area contributed by atoms with Crippen molar-refractivity contribution >= 4 is 28.9 Å². The first-order valence-corrected chi connectivity index (χ1v) is 14.5. The Hall–Kier alpha value is -2.42. The SMILES string of the molecule is CCc1ccc2c(c1)NC(=O)C2=O.C[C@]12CC[C@@H](O)C[C@H]1CC[C@@H]1[C@@H]2C(=O)C[C@@]2(C)[C@H]1CC[C@]2(O)C(=O)CO. The number of amides is 1. The van der Waals surface area contributed by atoms with Gasteiger partial charge < -0.3 is 20.6 Å². The molecule has 0 aromatic heterocycles. The van der Waals surface area contributed by atoms with Crippen molar-refractivity contribution in [1.29, 1.82) is 0 Å². The lowest BCUT2D eigenvalue weighted by atomic mass is 9.44. The highest BCUT2D eigenvalue weighted by Crippen LogP contribution is 2.67. The minimum absolute atomic E-state index is 0.0154. The molecule has 5 aliphatic rings. The third-order valence-corrected chi connectivity index (χ3v) is 11.3. The lowest BCUT2D eigenvalue weighted by Gasteiger charge is -2.60. The van der Waals surface area contributed by atoms with Crippen LogP contribution in [0.5, 0.6) is 0 Å². The Balaban J connectivity index is 0.000000198. The summed E-state index contributed by atoms with van der Waals surface area (Å²) >= 11 is 0. The minimum Gasteiger partial charge on any atom is -0.393 e. The molecule has 0 radical (unpaired) electrons. The molecule has 4 saturated carbocycles. The molecule has 212 valence electrons. The van der Waals surface area contributed by atoms with Crippen molar-refractivity contribution in [2.45, 2.75) is 90.3 Å². The number of aliphatic hydroxyl groups is 3. The van der Waals surface area contributed by atoms with E-state index in [0.29, 0.717) is 23.6 Å². The molecule has 1 amide bonds. The smallest absolute Gasteiger partial charge is 0.296 e. The zero-order valence-corrected chi connectivity index (χ0v) is 23.2. The van der Waals surface area contributed by atoms with Gasteiger partial charge in [0.25, 0.3) is 11.7 Å². The molecule has 0 spiro atoms. The van der Waals surface area contributed by atoms with Crippen LogP contribution in [0.3, 0.4) is 0 Å². The van der Waals surface area contributed by atoms with Gasteiger partial charge in [0.1, 0.15) is 18.0 Å². The fourth-order valence-corrected chi connectivity index (χ4v) is 9.06. The fraction of sp³-hybridized carbons (Fsp3) is 0.677. The van der Waals surface area contributed by atoms with Crippen LogP contribution < -0.4 is 5.32 Å². The van der Waals surface area contributed by atoms with Crippen LogP contribution in [-0.4, -0.2) is 56.9 Å². The quantitative estimate of drug-likeness (QED) is 0.432. The second kappa shape index (κ2) is 9.89. The summed E-state index contributed by atoms with van der Waals surface area (Å²) in [5, 5.41) is 33.2. The first-order chi connectivity index (χ1) is 18.4. The van der Waals surface area contributed by atoms with Gasteiger partial charge in [0, 0.05) is 17.8 Å². The monoisotopic (exact) mass is 539 g/mol. The van der Waals surface area contributed by atoms with E-state index in [1.54, 1.807) is 6.07 Å². The summed E-state index contributed by atoms with van der Waals surface area (Å²) in [5.41, 5.74) is -0.150. The summed E-state index contributed by atoms with van der Waals surface area (Å²) in [6, 6.07) is 5.42. The highest BCUT2D eigenvalue weighted by molar-refractivity contribution is 6.51. The van der Waals surface area contributed by atoms with Gasteiger partial charge >= 0.3 is 0 Å². The number of carbonyl (C=O) groups excluding carboxylic acids is 4. The topological polar surface area (TPSA) is 141 Å². The van der Waals surface area contributed by atoms with E-state index in [0.717, 1.165) is 50.5 Å². The molecule has 8 heteroatoms. The highest BCUT2D eigenvalue weighted by atomic mass is 16.3. The molecule has 4 N–H and O–H groups in total. The maximum absolute atomic E-state index is 13.4. The number of aryl methyl sites for hydroxylation is 1. The number of anilines is 1. The van der Waals surface area contributed by atoms with Crippen LogP contribution in [0.15, 0.2) is 18.2 Å². The molecule has 0 saturated heterocycles. The van der Waals surface area contributed by atoms with Gasteiger partial charge in [0.2, 0.25) is 0 Å². The van der Waals surface area contributed by atoms with Crippen molar-refractivity contribution in [1.82, 2.24) is 0 Å². The van der Waals surface area contributed by atoms with Gasteiger partial charge in [-0.2, -0.15) is 0 Å². The van der Waals surface area contributed by atoms with Gasteiger partial charge in [0.05, 0.1) is 17.4 Å². The van der Waals surface area contributed by atoms with Crippen molar-refractivity contribution in [3.63, 3.8) is 0 Å². The molecular formula is C31H41NO7. The molecule has 0 unspecified atom stereocenters. The largest absolute Gasteiger partial charge is 0.393 e. The van der Waals surface area contributed by atoms with Gasteiger partial charge in [-0.15, -0.1) is 0 Å². The van der Waals surface area contributed by atoms with Crippen LogP contribution in [0.4, 0.5) is 5.69 Å². The molecule has 1 heterocycles. The summed E-state index contributed by atoms with van der Waals surface area (Å²) in [4.78, 5) is 47.9. The zero-order valence-electron chi connectivity index (χ0n) is 23.2. The summed E-state index contributed by atoms with van der Waals surface area (Å²) in [7, 11) is 0. The third kappa shape index (κ3) is 4.21. The van der Waals surface area contributed by atoms with E-state index in [-0.39, 0.29) is 41.5 Å². The van der Waals surface area contributed by atoms with Crippen molar-refractivity contribution in [2.24, 2.45) is 34.5 Å². The molecule has 39 heavy (non-hydrogen) atoms. The normalized spacial score (nSPS) is 40.5. The average Bonchev–Trinajstić information content (AvgIpc) is 3.35. The van der Waals surface area contributed by atoms with Crippen molar-refractivity contribution in [3.05, 3.63) is 29.3 Å². The molecule has 8 nitrogen and oxygen atoms in total. The number of carbonyl (C=O) groups is 4. The first-order valence-electron chi connectivity index (χ1n) is 14.5. The Morgan fingerprint density at radius 2 is 1.82 bits per heavy atom. The van der Waals surface area contributed by atoms with Crippen LogP contribution in [0, 0.1) is 34.5 Å². The Bertz CT molecular complexity index is 1210. The van der Waals surface area contributed by atoms with Gasteiger partial charge in [-0.1, -0.05) is 26.8 Å². The lowest BCUT2D eigenvalue weighted by Crippen LogP contribution is -2.62. The first kappa shape index (κ1) is 28.1. The number of ketones is 3. The van der Waals surface area contributed by atoms with E-state index in [1.807, 2.05) is 26.0 Å². The molecule has 4 aliphatic carbocycles. The molecular weight excluding hydrogens is 498 g/mol. The Kier molecular flexibility index (Phi) is 7.13. The summed E-state index contributed by atoms with van der Waals surface area (Å²) in [6.07, 6.45) is 6.37. The standard InChI is InChI=1S/C21H32O5.C10H9NO2/c1-19-7-5-13(23)9-12(19)3-4-14-15-6-8-21(26,17(25)11-22)20(15,2)10-16(24)18(14)19;1-2-6-3-4-7-8(5-6)11-10(13)9(7)12/h12-15,18,22-23,26H,3-11H2,1-2H3;3-5H,2H2,1H3,(H,11,12,13)/t12-,13-,14+,15+,18-,19+,20+,21+;/m1./s1. The van der Waals surface area contributed by atoms with Crippen molar-refractivity contribution in [3.8, 4) is 0 Å². The molecule has 0 bridgehead atoms. The lowest BCUT2D eigenvalue weighted by molar-refractivity contribution is -0.180. The van der Waals surface area contributed by atoms with Crippen LogP contribution in [0.2, 0.25) is 0 Å². The number of hydrogen-bond acceptors (Lipinski definition) is 7. The highest BCUT2D eigenvalue weighted by Gasteiger charge is 2.68. The van der Waals surface area contributed by atoms with Crippen LogP contribution in [0.1, 0.15) is 88.1 Å². The molecule has 6 rings (SSSR count). The van der Waals surface area contributed by atoms with Crippen LogP contribution in [-0.2, 0) is 20.8 Å². The summed E-state index contributed by atoms with van der Waals surface area (Å²) in [6.45, 7) is 5.49.